The van der Waals surface area contributed by atoms with Gasteiger partial charge in [-0.3, -0.25) is 14.6 Å². The quantitative estimate of drug-likeness (QED) is 0.580. The minimum Gasteiger partial charge on any atom is -0.465 e. The molecule has 1 saturated heterocycles. The molecule has 0 aromatic heterocycles. The summed E-state index contributed by atoms with van der Waals surface area (Å²) in [5.41, 5.74) is 1.44. The maximum absolute atomic E-state index is 14.7. The van der Waals surface area contributed by atoms with Gasteiger partial charge in [0.05, 0.1) is 19.3 Å². The highest BCUT2D eigenvalue weighted by molar-refractivity contribution is 5.89. The SMILES string of the molecule is O=C(O)N(CCN1CCOCC1)C(C(=O)N1CC(c2cc(F)ccc2F)=C[C@H]1c1ccccc1)C1CC1. The lowest BCUT2D eigenvalue weighted by atomic mass is 10.0. The van der Waals surface area contributed by atoms with Crippen molar-refractivity contribution in [2.24, 2.45) is 5.92 Å². The van der Waals surface area contributed by atoms with E-state index in [2.05, 4.69) is 4.90 Å². The van der Waals surface area contributed by atoms with E-state index in [1.807, 2.05) is 30.3 Å². The number of nitrogens with zero attached hydrogens (tertiary/aromatic N) is 3. The van der Waals surface area contributed by atoms with Crippen molar-refractivity contribution in [2.45, 2.75) is 24.9 Å². The summed E-state index contributed by atoms with van der Waals surface area (Å²) in [4.78, 5) is 31.5. The second-order valence-corrected chi connectivity index (χ2v) is 9.85. The number of hydrogen-bond donors (Lipinski definition) is 1. The minimum atomic E-state index is -1.13. The van der Waals surface area contributed by atoms with Crippen LogP contribution in [-0.2, 0) is 9.53 Å². The van der Waals surface area contributed by atoms with E-state index in [-0.39, 0.29) is 30.5 Å². The summed E-state index contributed by atoms with van der Waals surface area (Å²) in [7, 11) is 0. The first-order valence-corrected chi connectivity index (χ1v) is 12.7. The van der Waals surface area contributed by atoms with Crippen LogP contribution in [-0.4, -0.2) is 83.8 Å². The molecule has 1 aliphatic carbocycles. The number of amides is 2. The van der Waals surface area contributed by atoms with E-state index in [1.165, 1.54) is 4.90 Å². The zero-order chi connectivity index (χ0) is 25.9. The smallest absolute Gasteiger partial charge is 0.408 e. The molecule has 2 aliphatic heterocycles. The van der Waals surface area contributed by atoms with Gasteiger partial charge in [-0.1, -0.05) is 36.4 Å². The Morgan fingerprint density at radius 2 is 1.81 bits per heavy atom. The molecule has 2 heterocycles. The minimum absolute atomic E-state index is 0.0559. The third-order valence-corrected chi connectivity index (χ3v) is 7.40. The van der Waals surface area contributed by atoms with Crippen LogP contribution in [0.5, 0.6) is 0 Å². The fraction of sp³-hybridized carbons (Fsp3) is 0.429. The Hall–Kier alpha value is -3.30. The predicted molar refractivity (Wildman–Crippen MR) is 134 cm³/mol. The third-order valence-electron chi connectivity index (χ3n) is 7.40. The summed E-state index contributed by atoms with van der Waals surface area (Å²) in [6.45, 7) is 3.47. The van der Waals surface area contributed by atoms with Crippen LogP contribution in [0.3, 0.4) is 0 Å². The first-order valence-electron chi connectivity index (χ1n) is 12.7. The van der Waals surface area contributed by atoms with Crippen molar-refractivity contribution in [3.05, 3.63) is 77.4 Å². The summed E-state index contributed by atoms with van der Waals surface area (Å²) in [6.07, 6.45) is 2.22. The van der Waals surface area contributed by atoms with Crippen LogP contribution in [0.2, 0.25) is 0 Å². The van der Waals surface area contributed by atoms with Gasteiger partial charge in [0.1, 0.15) is 17.7 Å². The molecule has 3 aliphatic rings. The molecule has 1 N–H and O–H groups in total. The van der Waals surface area contributed by atoms with Crippen molar-refractivity contribution < 1.29 is 28.2 Å². The number of morpholine rings is 1. The molecule has 37 heavy (non-hydrogen) atoms. The lowest BCUT2D eigenvalue weighted by Crippen LogP contribution is -2.54. The predicted octanol–water partition coefficient (Wildman–Crippen LogP) is 4.02. The van der Waals surface area contributed by atoms with Crippen molar-refractivity contribution in [3.8, 4) is 0 Å². The maximum Gasteiger partial charge on any atom is 0.408 e. The molecule has 9 heteroatoms. The number of carboxylic acid groups (broad SMARTS) is 1. The molecule has 7 nitrogen and oxygen atoms in total. The summed E-state index contributed by atoms with van der Waals surface area (Å²) < 4.78 is 34.1. The zero-order valence-electron chi connectivity index (χ0n) is 20.6. The maximum atomic E-state index is 14.7. The van der Waals surface area contributed by atoms with E-state index in [9.17, 15) is 23.5 Å². The van der Waals surface area contributed by atoms with E-state index in [0.717, 1.165) is 49.7 Å². The lowest BCUT2D eigenvalue weighted by molar-refractivity contribution is -0.137. The van der Waals surface area contributed by atoms with E-state index >= 15 is 0 Å². The Bertz CT molecular complexity index is 1170. The van der Waals surface area contributed by atoms with Gasteiger partial charge in [0.2, 0.25) is 5.91 Å². The normalized spacial score (nSPS) is 21.0. The van der Waals surface area contributed by atoms with Gasteiger partial charge in [-0.15, -0.1) is 0 Å². The summed E-state index contributed by atoms with van der Waals surface area (Å²) in [5, 5.41) is 10.1. The molecule has 0 radical (unpaired) electrons. The Labute approximate surface area is 214 Å². The molecule has 2 atom stereocenters. The number of carbonyl (C=O) groups is 2. The van der Waals surface area contributed by atoms with Crippen LogP contribution in [0.1, 0.15) is 30.0 Å². The molecule has 2 aromatic carbocycles. The van der Waals surface area contributed by atoms with Crippen LogP contribution in [0.4, 0.5) is 13.6 Å². The molecule has 2 fully saturated rings. The van der Waals surface area contributed by atoms with Gasteiger partial charge in [0.25, 0.3) is 0 Å². The lowest BCUT2D eigenvalue weighted by Gasteiger charge is -2.36. The van der Waals surface area contributed by atoms with Crippen LogP contribution < -0.4 is 0 Å². The van der Waals surface area contributed by atoms with Crippen molar-refractivity contribution in [3.63, 3.8) is 0 Å². The Morgan fingerprint density at radius 3 is 2.49 bits per heavy atom. The highest BCUT2D eigenvalue weighted by atomic mass is 19.1. The van der Waals surface area contributed by atoms with Crippen molar-refractivity contribution >= 4 is 17.6 Å². The van der Waals surface area contributed by atoms with Crippen molar-refractivity contribution in [2.75, 3.05) is 45.9 Å². The Balaban J connectivity index is 1.43. The number of benzene rings is 2. The fourth-order valence-corrected chi connectivity index (χ4v) is 5.27. The van der Waals surface area contributed by atoms with E-state index in [4.69, 9.17) is 4.74 Å². The van der Waals surface area contributed by atoms with Gasteiger partial charge in [-0.05, 0) is 48.1 Å². The summed E-state index contributed by atoms with van der Waals surface area (Å²) in [6, 6.07) is 11.3. The third kappa shape index (κ3) is 5.67. The molecule has 0 bridgehead atoms. The fourth-order valence-electron chi connectivity index (χ4n) is 5.27. The average molecular weight is 512 g/mol. The molecule has 5 rings (SSSR count). The second kappa shape index (κ2) is 11.0. The van der Waals surface area contributed by atoms with E-state index in [0.29, 0.717) is 25.3 Å². The van der Waals surface area contributed by atoms with Gasteiger partial charge in [0, 0.05) is 38.3 Å². The number of halogens is 2. The van der Waals surface area contributed by atoms with Gasteiger partial charge >= 0.3 is 6.09 Å². The first kappa shape index (κ1) is 25.4. The van der Waals surface area contributed by atoms with Crippen LogP contribution >= 0.6 is 0 Å². The average Bonchev–Trinajstić information content (AvgIpc) is 3.65. The molecule has 1 unspecified atom stereocenters. The molecular formula is C28H31F2N3O4. The highest BCUT2D eigenvalue weighted by Gasteiger charge is 2.46. The first-order chi connectivity index (χ1) is 17.9. The Kier molecular flexibility index (Phi) is 7.53. The highest BCUT2D eigenvalue weighted by Crippen LogP contribution is 2.41. The largest absolute Gasteiger partial charge is 0.465 e. The molecule has 2 aromatic rings. The van der Waals surface area contributed by atoms with Gasteiger partial charge in [-0.2, -0.15) is 0 Å². The topological polar surface area (TPSA) is 73.3 Å². The number of ether oxygens (including phenoxy) is 1. The molecule has 1 saturated carbocycles. The molecule has 196 valence electrons. The second-order valence-electron chi connectivity index (χ2n) is 9.85. The molecule has 2 amide bonds. The van der Waals surface area contributed by atoms with Gasteiger partial charge in [-0.25, -0.2) is 13.6 Å². The molecule has 0 spiro atoms. The number of carbonyl (C=O) groups excluding carboxylic acids is 1. The van der Waals surface area contributed by atoms with E-state index in [1.54, 1.807) is 11.0 Å². The van der Waals surface area contributed by atoms with Crippen molar-refractivity contribution in [1.29, 1.82) is 0 Å². The summed E-state index contributed by atoms with van der Waals surface area (Å²) in [5.74, 6) is -1.48. The standard InChI is InChI=1S/C28H31F2N3O4/c29-22-8-9-24(30)23(17-22)21-16-25(19-4-2-1-3-5-19)33(18-21)27(34)26(20-6-7-20)32(28(35)36)11-10-31-12-14-37-15-13-31/h1-5,8-9,16-17,20,25-26H,6-7,10-15,18H2,(H,35,36)/t25-,26?/m0/s1. The van der Waals surface area contributed by atoms with Crippen LogP contribution in [0.25, 0.3) is 5.57 Å². The monoisotopic (exact) mass is 511 g/mol. The van der Waals surface area contributed by atoms with Crippen LogP contribution in [0, 0.1) is 17.6 Å². The van der Waals surface area contributed by atoms with Crippen LogP contribution in [0.15, 0.2) is 54.6 Å². The number of hydrogen-bond acceptors (Lipinski definition) is 4. The van der Waals surface area contributed by atoms with Gasteiger partial charge in [0.15, 0.2) is 0 Å². The Morgan fingerprint density at radius 1 is 1.08 bits per heavy atom. The molecular weight excluding hydrogens is 480 g/mol. The van der Waals surface area contributed by atoms with E-state index < -0.39 is 29.8 Å². The number of rotatable bonds is 8. The summed E-state index contributed by atoms with van der Waals surface area (Å²) >= 11 is 0. The zero-order valence-corrected chi connectivity index (χ0v) is 20.6. The van der Waals surface area contributed by atoms with Gasteiger partial charge < -0.3 is 14.7 Å². The van der Waals surface area contributed by atoms with Crippen molar-refractivity contribution in [1.82, 2.24) is 14.7 Å².